The highest BCUT2D eigenvalue weighted by atomic mass is 32.1. The van der Waals surface area contributed by atoms with Crippen LogP contribution in [0.5, 0.6) is 5.75 Å². The van der Waals surface area contributed by atoms with Crippen molar-refractivity contribution < 1.29 is 5.11 Å². The molecule has 1 atom stereocenters. The van der Waals surface area contributed by atoms with Crippen LogP contribution in [0.1, 0.15) is 22.7 Å². The molecular formula is C13H15NOS. The summed E-state index contributed by atoms with van der Waals surface area (Å²) < 4.78 is 0. The smallest absolute Gasteiger partial charge is 0.115 e. The molecule has 1 aromatic carbocycles. The molecule has 0 aliphatic heterocycles. The Morgan fingerprint density at radius 1 is 1.38 bits per heavy atom. The van der Waals surface area contributed by atoms with Gasteiger partial charge in [0.2, 0.25) is 0 Å². The molecule has 1 aromatic heterocycles. The molecule has 84 valence electrons. The van der Waals surface area contributed by atoms with Gasteiger partial charge in [-0.2, -0.15) is 11.3 Å². The largest absolute Gasteiger partial charge is 0.508 e. The standard InChI is InChI=1S/C13H15NOS/c1-9-7-16-8-12(9)13(14)6-10-3-2-4-11(15)5-10/h2-5,7-8,13,15H,6,14H2,1H3. The normalized spacial score (nSPS) is 12.6. The van der Waals surface area contributed by atoms with Crippen molar-refractivity contribution in [2.75, 3.05) is 0 Å². The number of hydrogen-bond donors (Lipinski definition) is 2. The van der Waals surface area contributed by atoms with E-state index in [9.17, 15) is 5.11 Å². The summed E-state index contributed by atoms with van der Waals surface area (Å²) in [6.45, 7) is 2.08. The van der Waals surface area contributed by atoms with Gasteiger partial charge in [0.25, 0.3) is 0 Å². The molecule has 0 saturated carbocycles. The SMILES string of the molecule is Cc1cscc1C(N)Cc1cccc(O)c1. The van der Waals surface area contributed by atoms with Gasteiger partial charge in [-0.1, -0.05) is 12.1 Å². The summed E-state index contributed by atoms with van der Waals surface area (Å²) in [4.78, 5) is 0. The maximum Gasteiger partial charge on any atom is 0.115 e. The van der Waals surface area contributed by atoms with Crippen molar-refractivity contribution in [3.05, 3.63) is 51.7 Å². The second-order valence-electron chi connectivity index (χ2n) is 3.99. The Labute approximate surface area is 99.4 Å². The van der Waals surface area contributed by atoms with E-state index >= 15 is 0 Å². The summed E-state index contributed by atoms with van der Waals surface area (Å²) in [5, 5.41) is 13.6. The number of nitrogens with two attached hydrogens (primary N) is 1. The van der Waals surface area contributed by atoms with Gasteiger partial charge in [0.1, 0.15) is 5.75 Å². The van der Waals surface area contributed by atoms with Gasteiger partial charge in [-0.3, -0.25) is 0 Å². The van der Waals surface area contributed by atoms with E-state index in [-0.39, 0.29) is 6.04 Å². The fourth-order valence-electron chi connectivity index (χ4n) is 1.80. The zero-order valence-electron chi connectivity index (χ0n) is 9.18. The van der Waals surface area contributed by atoms with Crippen LogP contribution >= 0.6 is 11.3 Å². The van der Waals surface area contributed by atoms with E-state index < -0.39 is 0 Å². The fraction of sp³-hybridized carbons (Fsp3) is 0.231. The van der Waals surface area contributed by atoms with E-state index in [0.29, 0.717) is 5.75 Å². The Kier molecular flexibility index (Phi) is 3.27. The number of phenolic OH excluding ortho intramolecular Hbond substituents is 1. The number of rotatable bonds is 3. The average Bonchev–Trinajstić information content (AvgIpc) is 2.64. The van der Waals surface area contributed by atoms with Crippen LogP contribution in [-0.4, -0.2) is 5.11 Å². The zero-order chi connectivity index (χ0) is 11.5. The molecule has 0 aliphatic carbocycles. The van der Waals surface area contributed by atoms with Crippen molar-refractivity contribution in [1.82, 2.24) is 0 Å². The van der Waals surface area contributed by atoms with Crippen LogP contribution in [0.4, 0.5) is 0 Å². The third-order valence-corrected chi connectivity index (χ3v) is 3.54. The van der Waals surface area contributed by atoms with Gasteiger partial charge in [-0.05, 0) is 52.9 Å². The lowest BCUT2D eigenvalue weighted by Gasteiger charge is -2.11. The second-order valence-corrected chi connectivity index (χ2v) is 4.73. The predicted octanol–water partition coefficient (Wildman–Crippen LogP) is 3.00. The minimum Gasteiger partial charge on any atom is -0.508 e. The molecule has 2 nitrogen and oxygen atoms in total. The van der Waals surface area contributed by atoms with Gasteiger partial charge < -0.3 is 10.8 Å². The molecule has 3 N–H and O–H groups in total. The first kappa shape index (κ1) is 11.2. The molecule has 1 heterocycles. The van der Waals surface area contributed by atoms with Crippen molar-refractivity contribution in [1.29, 1.82) is 0 Å². The van der Waals surface area contributed by atoms with Gasteiger partial charge >= 0.3 is 0 Å². The number of aryl methyl sites for hydroxylation is 1. The Balaban J connectivity index is 2.14. The third-order valence-electron chi connectivity index (χ3n) is 2.66. The summed E-state index contributed by atoms with van der Waals surface area (Å²) in [6, 6.07) is 7.28. The minimum absolute atomic E-state index is 0.00745. The number of benzene rings is 1. The highest BCUT2D eigenvalue weighted by Crippen LogP contribution is 2.24. The number of thiophene rings is 1. The molecule has 0 spiro atoms. The van der Waals surface area contributed by atoms with Gasteiger partial charge in [-0.25, -0.2) is 0 Å². The van der Waals surface area contributed by atoms with Crippen LogP contribution in [0.3, 0.4) is 0 Å². The molecule has 16 heavy (non-hydrogen) atoms. The van der Waals surface area contributed by atoms with E-state index in [1.807, 2.05) is 12.1 Å². The summed E-state index contributed by atoms with van der Waals surface area (Å²) in [6.07, 6.45) is 0.756. The van der Waals surface area contributed by atoms with Crippen LogP contribution in [-0.2, 0) is 6.42 Å². The lowest BCUT2D eigenvalue weighted by molar-refractivity contribution is 0.474. The van der Waals surface area contributed by atoms with Crippen molar-refractivity contribution in [3.63, 3.8) is 0 Å². The molecule has 0 aliphatic rings. The van der Waals surface area contributed by atoms with Gasteiger partial charge in [0.15, 0.2) is 0 Å². The molecule has 0 amide bonds. The van der Waals surface area contributed by atoms with Crippen molar-refractivity contribution >= 4 is 11.3 Å². The summed E-state index contributed by atoms with van der Waals surface area (Å²) >= 11 is 1.68. The average molecular weight is 233 g/mol. The Morgan fingerprint density at radius 2 is 2.19 bits per heavy atom. The Bertz CT molecular complexity index is 478. The van der Waals surface area contributed by atoms with Crippen LogP contribution in [0, 0.1) is 6.92 Å². The molecule has 0 bridgehead atoms. The van der Waals surface area contributed by atoms with E-state index in [4.69, 9.17) is 5.73 Å². The van der Waals surface area contributed by atoms with Crippen LogP contribution in [0.15, 0.2) is 35.0 Å². The summed E-state index contributed by atoms with van der Waals surface area (Å²) in [5.74, 6) is 0.298. The van der Waals surface area contributed by atoms with Gasteiger partial charge in [-0.15, -0.1) is 0 Å². The molecule has 3 heteroatoms. The molecule has 2 rings (SSSR count). The van der Waals surface area contributed by atoms with Crippen molar-refractivity contribution in [2.45, 2.75) is 19.4 Å². The molecular weight excluding hydrogens is 218 g/mol. The van der Waals surface area contributed by atoms with Gasteiger partial charge in [0.05, 0.1) is 0 Å². The minimum atomic E-state index is 0.00745. The van der Waals surface area contributed by atoms with Crippen LogP contribution < -0.4 is 5.73 Å². The first-order chi connectivity index (χ1) is 7.66. The third kappa shape index (κ3) is 2.43. The predicted molar refractivity (Wildman–Crippen MR) is 67.8 cm³/mol. The molecule has 0 radical (unpaired) electrons. The molecule has 0 saturated heterocycles. The number of phenols is 1. The molecule has 2 aromatic rings. The number of aromatic hydroxyl groups is 1. The van der Waals surface area contributed by atoms with E-state index in [0.717, 1.165) is 12.0 Å². The van der Waals surface area contributed by atoms with Gasteiger partial charge in [0, 0.05) is 6.04 Å². The lowest BCUT2D eigenvalue weighted by Crippen LogP contribution is -2.13. The zero-order valence-corrected chi connectivity index (χ0v) is 10.00. The van der Waals surface area contributed by atoms with E-state index in [1.54, 1.807) is 23.5 Å². The first-order valence-corrected chi connectivity index (χ1v) is 6.17. The second kappa shape index (κ2) is 4.68. The van der Waals surface area contributed by atoms with Crippen molar-refractivity contribution in [2.24, 2.45) is 5.73 Å². The Hall–Kier alpha value is -1.32. The lowest BCUT2D eigenvalue weighted by atomic mass is 9.99. The topological polar surface area (TPSA) is 46.2 Å². The van der Waals surface area contributed by atoms with E-state index in [1.165, 1.54) is 11.1 Å². The fourth-order valence-corrected chi connectivity index (χ4v) is 2.71. The van der Waals surface area contributed by atoms with E-state index in [2.05, 4.69) is 17.7 Å². The molecule has 0 fully saturated rings. The highest BCUT2D eigenvalue weighted by Gasteiger charge is 2.10. The quantitative estimate of drug-likeness (QED) is 0.856. The summed E-state index contributed by atoms with van der Waals surface area (Å²) in [7, 11) is 0. The molecule has 1 unspecified atom stereocenters. The Morgan fingerprint density at radius 3 is 2.81 bits per heavy atom. The van der Waals surface area contributed by atoms with Crippen LogP contribution in [0.25, 0.3) is 0 Å². The highest BCUT2D eigenvalue weighted by molar-refractivity contribution is 7.08. The van der Waals surface area contributed by atoms with Crippen LogP contribution in [0.2, 0.25) is 0 Å². The summed E-state index contributed by atoms with van der Waals surface area (Å²) in [5.41, 5.74) is 9.67. The maximum absolute atomic E-state index is 9.37. The van der Waals surface area contributed by atoms with Crippen molar-refractivity contribution in [3.8, 4) is 5.75 Å². The number of hydrogen-bond acceptors (Lipinski definition) is 3. The monoisotopic (exact) mass is 233 g/mol. The maximum atomic E-state index is 9.37. The first-order valence-electron chi connectivity index (χ1n) is 5.23.